The number of pyridine rings is 1. The van der Waals surface area contributed by atoms with Gasteiger partial charge in [-0.1, -0.05) is 0 Å². The summed E-state index contributed by atoms with van der Waals surface area (Å²) >= 11 is 0. The van der Waals surface area contributed by atoms with Crippen molar-refractivity contribution in [3.05, 3.63) is 24.0 Å². The summed E-state index contributed by atoms with van der Waals surface area (Å²) in [7, 11) is 0. The van der Waals surface area contributed by atoms with E-state index in [-0.39, 0.29) is 11.4 Å². The number of aromatic nitrogens is 3. The van der Waals surface area contributed by atoms with Crippen LogP contribution in [0, 0.1) is 6.92 Å². The first-order chi connectivity index (χ1) is 9.35. The van der Waals surface area contributed by atoms with Crippen molar-refractivity contribution in [3.8, 4) is 0 Å². The molecule has 0 aliphatic heterocycles. The fraction of sp³-hybridized carbons (Fsp3) is 0.500. The highest BCUT2D eigenvalue weighted by Gasteiger charge is 2.13. The molecule has 2 aromatic heterocycles. The minimum absolute atomic E-state index is 0.0347. The number of rotatable bonds is 4. The van der Waals surface area contributed by atoms with E-state index in [1.165, 1.54) is 6.33 Å². The average molecular weight is 275 g/mol. The van der Waals surface area contributed by atoms with Gasteiger partial charge in [0.05, 0.1) is 0 Å². The van der Waals surface area contributed by atoms with Crippen LogP contribution in [-0.2, 0) is 4.79 Å². The van der Waals surface area contributed by atoms with Gasteiger partial charge >= 0.3 is 0 Å². The summed E-state index contributed by atoms with van der Waals surface area (Å²) in [6, 6.07) is 3.95. The Hall–Kier alpha value is -2.11. The quantitative estimate of drug-likeness (QED) is 0.892. The number of anilines is 1. The number of hydrogen-bond acceptors (Lipinski definition) is 4. The summed E-state index contributed by atoms with van der Waals surface area (Å²) in [6.45, 7) is 8.47. The zero-order chi connectivity index (χ0) is 14.8. The second kappa shape index (κ2) is 5.48. The first-order valence-corrected chi connectivity index (χ1v) is 6.70. The van der Waals surface area contributed by atoms with Gasteiger partial charge < -0.3 is 10.6 Å². The van der Waals surface area contributed by atoms with Crippen LogP contribution in [0.1, 0.15) is 32.8 Å². The smallest absolute Gasteiger partial charge is 0.222 e. The maximum Gasteiger partial charge on any atom is 0.222 e. The van der Waals surface area contributed by atoms with Crippen molar-refractivity contribution in [2.24, 2.45) is 0 Å². The standard InChI is InChI=1S/C14H21N5O/c1-10-7-11(19-12(8-10)16-9-17-19)15-6-5-13(20)18-14(2,3)4/h7-9,15H,5-6H2,1-4H3,(H,18,20). The molecule has 6 nitrogen and oxygen atoms in total. The predicted octanol–water partition coefficient (Wildman–Crippen LogP) is 1.75. The van der Waals surface area contributed by atoms with Gasteiger partial charge in [-0.3, -0.25) is 4.79 Å². The van der Waals surface area contributed by atoms with Gasteiger partial charge in [-0.15, -0.1) is 0 Å². The maximum absolute atomic E-state index is 11.7. The lowest BCUT2D eigenvalue weighted by Crippen LogP contribution is -2.41. The Morgan fingerprint density at radius 1 is 1.35 bits per heavy atom. The van der Waals surface area contributed by atoms with Crippen molar-refractivity contribution in [2.45, 2.75) is 39.7 Å². The Morgan fingerprint density at radius 3 is 2.80 bits per heavy atom. The molecule has 0 atom stereocenters. The Morgan fingerprint density at radius 2 is 2.10 bits per heavy atom. The lowest BCUT2D eigenvalue weighted by atomic mass is 10.1. The second-order valence-corrected chi connectivity index (χ2v) is 5.92. The SMILES string of the molecule is Cc1cc(NCCC(=O)NC(C)(C)C)n2ncnc2c1. The fourth-order valence-corrected chi connectivity index (χ4v) is 1.97. The van der Waals surface area contributed by atoms with Crippen LogP contribution < -0.4 is 10.6 Å². The third-order valence-electron chi connectivity index (χ3n) is 2.70. The van der Waals surface area contributed by atoms with Crippen LogP contribution >= 0.6 is 0 Å². The molecular formula is C14H21N5O. The predicted molar refractivity (Wildman–Crippen MR) is 78.7 cm³/mol. The molecule has 0 unspecified atom stereocenters. The summed E-state index contributed by atoms with van der Waals surface area (Å²) in [5, 5.41) is 10.3. The molecule has 0 saturated heterocycles. The van der Waals surface area contributed by atoms with Gasteiger partial charge in [0, 0.05) is 18.5 Å². The molecule has 0 aliphatic rings. The van der Waals surface area contributed by atoms with Crippen LogP contribution in [0.4, 0.5) is 5.82 Å². The van der Waals surface area contributed by atoms with Gasteiger partial charge in [0.25, 0.3) is 0 Å². The Bertz CT molecular complexity index is 612. The van der Waals surface area contributed by atoms with Crippen molar-refractivity contribution < 1.29 is 4.79 Å². The monoisotopic (exact) mass is 275 g/mol. The Balaban J connectivity index is 1.96. The molecular weight excluding hydrogens is 254 g/mol. The molecule has 2 heterocycles. The minimum atomic E-state index is -0.195. The van der Waals surface area contributed by atoms with E-state index in [0.29, 0.717) is 13.0 Å². The van der Waals surface area contributed by atoms with Gasteiger partial charge in [0.2, 0.25) is 5.91 Å². The lowest BCUT2D eigenvalue weighted by molar-refractivity contribution is -0.122. The van der Waals surface area contributed by atoms with E-state index in [4.69, 9.17) is 0 Å². The van der Waals surface area contributed by atoms with Crippen molar-refractivity contribution in [1.82, 2.24) is 19.9 Å². The molecule has 2 aromatic rings. The molecule has 0 fully saturated rings. The highest BCUT2D eigenvalue weighted by atomic mass is 16.1. The average Bonchev–Trinajstić information content (AvgIpc) is 2.74. The molecule has 0 aromatic carbocycles. The highest BCUT2D eigenvalue weighted by Crippen LogP contribution is 2.13. The van der Waals surface area contributed by atoms with Gasteiger partial charge in [-0.05, 0) is 45.4 Å². The van der Waals surface area contributed by atoms with E-state index in [1.54, 1.807) is 4.52 Å². The second-order valence-electron chi connectivity index (χ2n) is 5.92. The molecule has 0 spiro atoms. The summed E-state index contributed by atoms with van der Waals surface area (Å²) in [5.41, 5.74) is 1.71. The van der Waals surface area contributed by atoms with Gasteiger partial charge in [0.15, 0.2) is 5.65 Å². The van der Waals surface area contributed by atoms with Crippen LogP contribution in [-0.4, -0.2) is 32.6 Å². The van der Waals surface area contributed by atoms with E-state index >= 15 is 0 Å². The van der Waals surface area contributed by atoms with E-state index < -0.39 is 0 Å². The highest BCUT2D eigenvalue weighted by molar-refractivity contribution is 5.77. The summed E-state index contributed by atoms with van der Waals surface area (Å²) in [5.74, 6) is 0.883. The molecule has 1 amide bonds. The molecule has 0 saturated carbocycles. The van der Waals surface area contributed by atoms with Crippen LogP contribution in [0.3, 0.4) is 0 Å². The van der Waals surface area contributed by atoms with E-state index in [0.717, 1.165) is 17.0 Å². The largest absolute Gasteiger partial charge is 0.369 e. The zero-order valence-corrected chi connectivity index (χ0v) is 12.4. The third kappa shape index (κ3) is 3.69. The number of carbonyl (C=O) groups excluding carboxylic acids is 1. The van der Waals surface area contributed by atoms with Crippen LogP contribution in [0.2, 0.25) is 0 Å². The summed E-state index contributed by atoms with van der Waals surface area (Å²) in [4.78, 5) is 15.9. The van der Waals surface area contributed by atoms with Crippen LogP contribution in [0.15, 0.2) is 18.5 Å². The first-order valence-electron chi connectivity index (χ1n) is 6.70. The minimum Gasteiger partial charge on any atom is -0.369 e. The topological polar surface area (TPSA) is 71.3 Å². The molecule has 108 valence electrons. The van der Waals surface area contributed by atoms with Crippen LogP contribution in [0.25, 0.3) is 5.65 Å². The zero-order valence-electron chi connectivity index (χ0n) is 12.4. The van der Waals surface area contributed by atoms with Gasteiger partial charge in [-0.2, -0.15) is 9.61 Å². The van der Waals surface area contributed by atoms with Crippen molar-refractivity contribution in [3.63, 3.8) is 0 Å². The fourth-order valence-electron chi connectivity index (χ4n) is 1.97. The third-order valence-corrected chi connectivity index (χ3v) is 2.70. The molecule has 0 bridgehead atoms. The van der Waals surface area contributed by atoms with E-state index in [1.807, 2.05) is 39.8 Å². The normalized spacial score (nSPS) is 11.6. The van der Waals surface area contributed by atoms with Crippen molar-refractivity contribution in [1.29, 1.82) is 0 Å². The number of nitrogens with zero attached hydrogens (tertiary/aromatic N) is 3. The van der Waals surface area contributed by atoms with Crippen molar-refractivity contribution >= 4 is 17.4 Å². The lowest BCUT2D eigenvalue weighted by Gasteiger charge is -2.20. The Kier molecular flexibility index (Phi) is 3.92. The van der Waals surface area contributed by atoms with Gasteiger partial charge in [0.1, 0.15) is 12.1 Å². The van der Waals surface area contributed by atoms with E-state index in [9.17, 15) is 4.79 Å². The Labute approximate surface area is 118 Å². The molecule has 20 heavy (non-hydrogen) atoms. The number of amides is 1. The maximum atomic E-state index is 11.7. The summed E-state index contributed by atoms with van der Waals surface area (Å²) < 4.78 is 1.73. The molecule has 6 heteroatoms. The number of hydrogen-bond donors (Lipinski definition) is 2. The molecule has 0 radical (unpaired) electrons. The number of fused-ring (bicyclic) bond motifs is 1. The van der Waals surface area contributed by atoms with E-state index in [2.05, 4.69) is 20.7 Å². The summed E-state index contributed by atoms with van der Waals surface area (Å²) in [6.07, 6.45) is 1.94. The van der Waals surface area contributed by atoms with Crippen LogP contribution in [0.5, 0.6) is 0 Å². The molecule has 2 N–H and O–H groups in total. The van der Waals surface area contributed by atoms with Gasteiger partial charge in [-0.25, -0.2) is 4.98 Å². The molecule has 0 aliphatic carbocycles. The van der Waals surface area contributed by atoms with Crippen molar-refractivity contribution in [2.75, 3.05) is 11.9 Å². The number of carbonyl (C=O) groups is 1. The first kappa shape index (κ1) is 14.3. The molecule has 2 rings (SSSR count). The number of aryl methyl sites for hydroxylation is 1. The number of nitrogens with one attached hydrogen (secondary N) is 2.